The average molecular weight is 401 g/mol. The number of nitrogens with one attached hydrogen (secondary N) is 2. The molecule has 0 spiro atoms. The van der Waals surface area contributed by atoms with Crippen molar-refractivity contribution in [2.24, 2.45) is 10.9 Å². The molecule has 4 nitrogen and oxygen atoms in total. The summed E-state index contributed by atoms with van der Waals surface area (Å²) in [5.41, 5.74) is 2.56. The van der Waals surface area contributed by atoms with Gasteiger partial charge >= 0.3 is 0 Å². The molecule has 0 aliphatic carbocycles. The van der Waals surface area contributed by atoms with Gasteiger partial charge < -0.3 is 15.5 Å². The van der Waals surface area contributed by atoms with Gasteiger partial charge in [0.15, 0.2) is 5.96 Å². The Morgan fingerprint density at radius 1 is 1.12 bits per heavy atom. The van der Waals surface area contributed by atoms with Crippen LogP contribution in [0.5, 0.6) is 0 Å². The molecule has 1 heterocycles. The molecule has 1 fully saturated rings. The zero-order chi connectivity index (χ0) is 17.5. The number of rotatable bonds is 5. The molecule has 0 amide bonds. The highest BCUT2D eigenvalue weighted by atomic mass is 79.9. The quantitative estimate of drug-likeness (QED) is 0.594. The van der Waals surface area contributed by atoms with Gasteiger partial charge in [-0.3, -0.25) is 4.99 Å². The first kappa shape index (κ1) is 17.8. The van der Waals surface area contributed by atoms with E-state index in [0.29, 0.717) is 5.92 Å². The Balaban J connectivity index is 1.44. The summed E-state index contributed by atoms with van der Waals surface area (Å²) in [6.07, 6.45) is 1.21. The first-order valence-corrected chi connectivity index (χ1v) is 9.53. The van der Waals surface area contributed by atoms with E-state index >= 15 is 0 Å². The Hall–Kier alpha value is -2.01. The Morgan fingerprint density at radius 3 is 2.60 bits per heavy atom. The first-order chi connectivity index (χ1) is 12.2. The van der Waals surface area contributed by atoms with Crippen molar-refractivity contribution in [2.75, 3.05) is 31.6 Å². The molecular formula is C20H25BrN4. The lowest BCUT2D eigenvalue weighted by atomic mass is 10.1. The second kappa shape index (κ2) is 8.90. The second-order valence-corrected chi connectivity index (χ2v) is 7.29. The van der Waals surface area contributed by atoms with Crippen molar-refractivity contribution in [3.63, 3.8) is 0 Å². The molecule has 0 aromatic heterocycles. The Bertz CT molecular complexity index is 685. The molecule has 3 rings (SSSR count). The summed E-state index contributed by atoms with van der Waals surface area (Å²) < 4.78 is 1.13. The first-order valence-electron chi connectivity index (χ1n) is 8.73. The molecule has 2 N–H and O–H groups in total. The Labute approximate surface area is 158 Å². The van der Waals surface area contributed by atoms with Crippen LogP contribution in [0.15, 0.2) is 64.1 Å². The smallest absolute Gasteiger partial charge is 0.191 e. The molecule has 2 aromatic carbocycles. The lowest BCUT2D eigenvalue weighted by molar-refractivity contribution is 0.565. The third kappa shape index (κ3) is 5.23. The van der Waals surface area contributed by atoms with E-state index in [1.165, 1.54) is 17.7 Å². The molecule has 1 aliphatic heterocycles. The largest absolute Gasteiger partial charge is 0.371 e. The fraction of sp³-hybridized carbons (Fsp3) is 0.350. The summed E-state index contributed by atoms with van der Waals surface area (Å²) in [6.45, 7) is 3.94. The van der Waals surface area contributed by atoms with E-state index in [1.807, 2.05) is 13.1 Å². The molecule has 25 heavy (non-hydrogen) atoms. The minimum atomic E-state index is 0.638. The summed E-state index contributed by atoms with van der Waals surface area (Å²) in [5, 5.41) is 6.85. The molecular weight excluding hydrogens is 376 g/mol. The summed E-state index contributed by atoms with van der Waals surface area (Å²) in [5.74, 6) is 1.50. The van der Waals surface area contributed by atoms with E-state index in [0.717, 1.165) is 36.6 Å². The number of halogens is 1. The third-order valence-corrected chi connectivity index (χ3v) is 5.09. The van der Waals surface area contributed by atoms with Gasteiger partial charge in [0.05, 0.1) is 0 Å². The van der Waals surface area contributed by atoms with E-state index in [1.54, 1.807) is 0 Å². The zero-order valence-electron chi connectivity index (χ0n) is 14.6. The highest BCUT2D eigenvalue weighted by molar-refractivity contribution is 9.10. The van der Waals surface area contributed by atoms with E-state index < -0.39 is 0 Å². The maximum Gasteiger partial charge on any atom is 0.191 e. The normalized spacial score (nSPS) is 17.6. The summed E-state index contributed by atoms with van der Waals surface area (Å²) in [4.78, 5) is 6.78. The van der Waals surface area contributed by atoms with E-state index in [2.05, 4.69) is 85.0 Å². The van der Waals surface area contributed by atoms with Crippen LogP contribution in [-0.2, 0) is 6.54 Å². The van der Waals surface area contributed by atoms with Gasteiger partial charge in [-0.25, -0.2) is 0 Å². The van der Waals surface area contributed by atoms with Crippen LogP contribution < -0.4 is 15.5 Å². The van der Waals surface area contributed by atoms with Crippen LogP contribution in [0.1, 0.15) is 12.0 Å². The average Bonchev–Trinajstić information content (AvgIpc) is 3.12. The van der Waals surface area contributed by atoms with Crippen molar-refractivity contribution >= 4 is 27.6 Å². The van der Waals surface area contributed by atoms with Gasteiger partial charge in [0.2, 0.25) is 0 Å². The predicted octanol–water partition coefficient (Wildman–Crippen LogP) is 3.64. The van der Waals surface area contributed by atoms with Gasteiger partial charge in [0, 0.05) is 43.4 Å². The molecule has 1 aliphatic rings. The standard InChI is InChI=1S/C20H25BrN4/c1-22-20(23-13-16-5-3-2-4-6-16)24-14-17-11-12-25(15-17)19-9-7-18(21)8-10-19/h2-10,17H,11-15H2,1H3,(H2,22,23,24). The number of anilines is 1. The number of nitrogens with zero attached hydrogens (tertiary/aromatic N) is 2. The van der Waals surface area contributed by atoms with Gasteiger partial charge in [-0.05, 0) is 42.2 Å². The summed E-state index contributed by atoms with van der Waals surface area (Å²) >= 11 is 3.50. The Morgan fingerprint density at radius 2 is 1.88 bits per heavy atom. The molecule has 0 saturated carbocycles. The number of guanidine groups is 1. The van der Waals surface area contributed by atoms with Crippen LogP contribution >= 0.6 is 15.9 Å². The second-order valence-electron chi connectivity index (χ2n) is 6.37. The van der Waals surface area contributed by atoms with Crippen molar-refractivity contribution < 1.29 is 0 Å². The van der Waals surface area contributed by atoms with Gasteiger partial charge in [0.1, 0.15) is 0 Å². The van der Waals surface area contributed by atoms with Crippen LogP contribution in [0.25, 0.3) is 0 Å². The van der Waals surface area contributed by atoms with Crippen molar-refractivity contribution in [3.8, 4) is 0 Å². The van der Waals surface area contributed by atoms with E-state index in [-0.39, 0.29) is 0 Å². The number of benzene rings is 2. The Kier molecular flexibility index (Phi) is 6.34. The van der Waals surface area contributed by atoms with Crippen LogP contribution in [0.3, 0.4) is 0 Å². The molecule has 0 bridgehead atoms. The summed E-state index contributed by atoms with van der Waals surface area (Å²) in [7, 11) is 1.82. The van der Waals surface area contributed by atoms with E-state index in [9.17, 15) is 0 Å². The summed E-state index contributed by atoms with van der Waals surface area (Å²) in [6, 6.07) is 19.0. The van der Waals surface area contributed by atoms with Crippen molar-refractivity contribution in [3.05, 3.63) is 64.6 Å². The number of hydrogen-bond acceptors (Lipinski definition) is 2. The lowest BCUT2D eigenvalue weighted by Gasteiger charge is -2.19. The molecule has 0 radical (unpaired) electrons. The SMILES string of the molecule is CN=C(NCc1ccccc1)NCC1CCN(c2ccc(Br)cc2)C1. The van der Waals surface area contributed by atoms with Crippen molar-refractivity contribution in [1.82, 2.24) is 10.6 Å². The molecule has 1 unspecified atom stereocenters. The van der Waals surface area contributed by atoms with Crippen LogP contribution in [0, 0.1) is 5.92 Å². The maximum absolute atomic E-state index is 4.33. The van der Waals surface area contributed by atoms with Gasteiger partial charge in [-0.1, -0.05) is 46.3 Å². The minimum Gasteiger partial charge on any atom is -0.371 e. The molecule has 132 valence electrons. The molecule has 1 atom stereocenters. The van der Waals surface area contributed by atoms with Gasteiger partial charge in [-0.2, -0.15) is 0 Å². The highest BCUT2D eigenvalue weighted by Gasteiger charge is 2.22. The third-order valence-electron chi connectivity index (χ3n) is 4.56. The van der Waals surface area contributed by atoms with Crippen LogP contribution in [0.2, 0.25) is 0 Å². The maximum atomic E-state index is 4.33. The monoisotopic (exact) mass is 400 g/mol. The fourth-order valence-electron chi connectivity index (χ4n) is 3.13. The zero-order valence-corrected chi connectivity index (χ0v) is 16.2. The minimum absolute atomic E-state index is 0.638. The number of hydrogen-bond donors (Lipinski definition) is 2. The number of aliphatic imine (C=N–C) groups is 1. The lowest BCUT2D eigenvalue weighted by Crippen LogP contribution is -2.39. The molecule has 2 aromatic rings. The molecule has 1 saturated heterocycles. The fourth-order valence-corrected chi connectivity index (χ4v) is 3.39. The van der Waals surface area contributed by atoms with Crippen molar-refractivity contribution in [2.45, 2.75) is 13.0 Å². The highest BCUT2D eigenvalue weighted by Crippen LogP contribution is 2.24. The van der Waals surface area contributed by atoms with Gasteiger partial charge in [-0.15, -0.1) is 0 Å². The predicted molar refractivity (Wildman–Crippen MR) is 109 cm³/mol. The van der Waals surface area contributed by atoms with Gasteiger partial charge in [0.25, 0.3) is 0 Å². The topological polar surface area (TPSA) is 39.7 Å². The van der Waals surface area contributed by atoms with Crippen molar-refractivity contribution in [1.29, 1.82) is 0 Å². The van der Waals surface area contributed by atoms with E-state index in [4.69, 9.17) is 0 Å². The van der Waals surface area contributed by atoms with Crippen LogP contribution in [-0.4, -0.2) is 32.6 Å². The van der Waals surface area contributed by atoms with Crippen LogP contribution in [0.4, 0.5) is 5.69 Å². The molecule has 5 heteroatoms.